The number of non-ortho nitro benzene ring substituents is 1. The van der Waals surface area contributed by atoms with E-state index in [0.717, 1.165) is 0 Å². The van der Waals surface area contributed by atoms with Crippen molar-refractivity contribution >= 4 is 5.69 Å². The molecule has 0 unspecified atom stereocenters. The Morgan fingerprint density at radius 2 is 2.05 bits per heavy atom. The smallest absolute Gasteiger partial charge is 0.273 e. The first-order valence-corrected chi connectivity index (χ1v) is 5.89. The molecule has 1 aliphatic rings. The number of hydrogen-bond donors (Lipinski definition) is 0. The van der Waals surface area contributed by atoms with Crippen LogP contribution in [-0.2, 0) is 0 Å². The summed E-state index contributed by atoms with van der Waals surface area (Å²) in [6.45, 7) is 0. The molecule has 0 bridgehead atoms. The molecule has 6 nitrogen and oxygen atoms in total. The molecule has 1 aromatic carbocycles. The first-order chi connectivity index (χ1) is 9.60. The summed E-state index contributed by atoms with van der Waals surface area (Å²) in [6, 6.07) is 4.22. The normalized spacial score (nSPS) is 13.7. The molecule has 20 heavy (non-hydrogen) atoms. The molecule has 0 saturated carbocycles. The Hall–Kier alpha value is -2.76. The minimum absolute atomic E-state index is 0.0505. The summed E-state index contributed by atoms with van der Waals surface area (Å²) in [6.07, 6.45) is 9.06. The first kappa shape index (κ1) is 13.7. The highest BCUT2D eigenvalue weighted by Gasteiger charge is 2.13. The molecule has 0 N–H and O–H groups in total. The van der Waals surface area contributed by atoms with Gasteiger partial charge in [-0.1, -0.05) is 6.08 Å². The van der Waals surface area contributed by atoms with Crippen LogP contribution in [0.15, 0.2) is 54.6 Å². The lowest BCUT2D eigenvalue weighted by atomic mass is 10.3. The van der Waals surface area contributed by atoms with Crippen LogP contribution in [0.5, 0.6) is 11.5 Å². The summed E-state index contributed by atoms with van der Waals surface area (Å²) in [5, 5.41) is 10.8. The number of hydrogen-bond acceptors (Lipinski definition) is 5. The molecule has 0 atom stereocenters. The van der Waals surface area contributed by atoms with Gasteiger partial charge in [0, 0.05) is 25.5 Å². The summed E-state index contributed by atoms with van der Waals surface area (Å²) in [5.74, 6) is 1.29. The van der Waals surface area contributed by atoms with Crippen molar-refractivity contribution in [3.05, 3.63) is 64.7 Å². The van der Waals surface area contributed by atoms with E-state index in [1.165, 1.54) is 25.3 Å². The van der Waals surface area contributed by atoms with Gasteiger partial charge in [0.25, 0.3) is 5.69 Å². The number of methoxy groups -OCH3 is 1. The second-order valence-electron chi connectivity index (χ2n) is 4.09. The Morgan fingerprint density at radius 1 is 1.25 bits per heavy atom. The Kier molecular flexibility index (Phi) is 4.05. The Balaban J connectivity index is 2.32. The monoisotopic (exact) mass is 274 g/mol. The number of rotatable bonds is 4. The third kappa shape index (κ3) is 3.17. The van der Waals surface area contributed by atoms with Crippen molar-refractivity contribution in [1.82, 2.24) is 4.90 Å². The summed E-state index contributed by atoms with van der Waals surface area (Å²) < 4.78 is 10.8. The predicted octanol–water partition coefficient (Wildman–Crippen LogP) is 2.84. The molecule has 0 amide bonds. The van der Waals surface area contributed by atoms with Crippen LogP contribution in [0.3, 0.4) is 0 Å². The quantitative estimate of drug-likeness (QED) is 0.624. The van der Waals surface area contributed by atoms with Gasteiger partial charge < -0.3 is 14.4 Å². The molecule has 0 radical (unpaired) electrons. The number of benzene rings is 1. The van der Waals surface area contributed by atoms with Gasteiger partial charge in [-0.05, 0) is 18.2 Å². The highest BCUT2D eigenvalue weighted by molar-refractivity contribution is 5.49. The van der Waals surface area contributed by atoms with E-state index < -0.39 is 4.92 Å². The van der Waals surface area contributed by atoms with Crippen LogP contribution in [0, 0.1) is 10.1 Å². The molecule has 6 heteroatoms. The summed E-state index contributed by atoms with van der Waals surface area (Å²) in [7, 11) is 3.34. The average molecular weight is 274 g/mol. The van der Waals surface area contributed by atoms with Crippen molar-refractivity contribution in [3.8, 4) is 11.5 Å². The maximum Gasteiger partial charge on any atom is 0.273 e. The number of ether oxygens (including phenoxy) is 2. The van der Waals surface area contributed by atoms with Gasteiger partial charge in [-0.2, -0.15) is 0 Å². The maximum absolute atomic E-state index is 10.8. The Labute approximate surface area is 116 Å². The number of nitro benzene ring substituents is 1. The van der Waals surface area contributed by atoms with Crippen LogP contribution in [0.4, 0.5) is 5.69 Å². The first-order valence-electron chi connectivity index (χ1n) is 5.89. The van der Waals surface area contributed by atoms with Crippen molar-refractivity contribution in [1.29, 1.82) is 0 Å². The summed E-state index contributed by atoms with van der Waals surface area (Å²) in [4.78, 5) is 12.2. The number of nitro groups is 1. The van der Waals surface area contributed by atoms with Crippen molar-refractivity contribution in [2.75, 3.05) is 14.2 Å². The lowest BCUT2D eigenvalue weighted by molar-refractivity contribution is -0.384. The topological polar surface area (TPSA) is 64.8 Å². The minimum Gasteiger partial charge on any atom is -0.493 e. The van der Waals surface area contributed by atoms with Gasteiger partial charge in [-0.3, -0.25) is 10.1 Å². The largest absolute Gasteiger partial charge is 0.493 e. The molecule has 1 aliphatic heterocycles. The van der Waals surface area contributed by atoms with E-state index in [-0.39, 0.29) is 5.69 Å². The average Bonchev–Trinajstić information content (AvgIpc) is 2.63. The van der Waals surface area contributed by atoms with Crippen LogP contribution in [0.25, 0.3) is 0 Å². The molecule has 0 fully saturated rings. The Morgan fingerprint density at radius 3 is 2.75 bits per heavy atom. The van der Waals surface area contributed by atoms with Crippen molar-refractivity contribution in [2.45, 2.75) is 0 Å². The Bertz CT molecular complexity index is 605. The fourth-order valence-corrected chi connectivity index (χ4v) is 1.67. The molecule has 1 heterocycles. The van der Waals surface area contributed by atoms with Gasteiger partial charge in [0.15, 0.2) is 11.5 Å². The number of allylic oxidation sites excluding steroid dienone is 3. The van der Waals surface area contributed by atoms with E-state index in [1.807, 2.05) is 30.3 Å². The van der Waals surface area contributed by atoms with Crippen molar-refractivity contribution < 1.29 is 14.4 Å². The summed E-state index contributed by atoms with van der Waals surface area (Å²) >= 11 is 0. The van der Waals surface area contributed by atoms with Crippen molar-refractivity contribution in [2.24, 2.45) is 0 Å². The highest BCUT2D eigenvalue weighted by atomic mass is 16.6. The van der Waals surface area contributed by atoms with E-state index in [4.69, 9.17) is 9.47 Å². The fourth-order valence-electron chi connectivity index (χ4n) is 1.67. The van der Waals surface area contributed by atoms with E-state index in [0.29, 0.717) is 17.3 Å². The van der Waals surface area contributed by atoms with Crippen LogP contribution < -0.4 is 9.47 Å². The van der Waals surface area contributed by atoms with E-state index >= 15 is 0 Å². The predicted molar refractivity (Wildman–Crippen MR) is 74.4 cm³/mol. The molecule has 1 aromatic rings. The lowest BCUT2D eigenvalue weighted by Crippen LogP contribution is -2.04. The zero-order valence-corrected chi connectivity index (χ0v) is 11.1. The van der Waals surface area contributed by atoms with Gasteiger partial charge in [0.1, 0.15) is 5.76 Å². The molecule has 104 valence electrons. The van der Waals surface area contributed by atoms with E-state index in [1.54, 1.807) is 12.3 Å². The van der Waals surface area contributed by atoms with Gasteiger partial charge >= 0.3 is 0 Å². The highest BCUT2D eigenvalue weighted by Crippen LogP contribution is 2.32. The van der Waals surface area contributed by atoms with Gasteiger partial charge in [-0.25, -0.2) is 0 Å². The third-order valence-corrected chi connectivity index (χ3v) is 2.61. The van der Waals surface area contributed by atoms with Crippen LogP contribution in [0.1, 0.15) is 0 Å². The van der Waals surface area contributed by atoms with E-state index in [9.17, 15) is 10.1 Å². The molecule has 0 aromatic heterocycles. The second kappa shape index (κ2) is 5.92. The fraction of sp³-hybridized carbons (Fsp3) is 0.143. The third-order valence-electron chi connectivity index (χ3n) is 2.61. The zero-order valence-electron chi connectivity index (χ0n) is 11.1. The van der Waals surface area contributed by atoms with Crippen LogP contribution >= 0.6 is 0 Å². The minimum atomic E-state index is -0.475. The van der Waals surface area contributed by atoms with Gasteiger partial charge in [0.2, 0.25) is 0 Å². The van der Waals surface area contributed by atoms with Crippen LogP contribution in [0.2, 0.25) is 0 Å². The molecular formula is C14H14N2O4. The van der Waals surface area contributed by atoms with Gasteiger partial charge in [-0.15, -0.1) is 0 Å². The maximum atomic E-state index is 10.8. The van der Waals surface area contributed by atoms with Crippen molar-refractivity contribution in [3.63, 3.8) is 0 Å². The zero-order chi connectivity index (χ0) is 14.5. The molecule has 0 spiro atoms. The summed E-state index contributed by atoms with van der Waals surface area (Å²) in [5.41, 5.74) is -0.0505. The molecule has 0 saturated heterocycles. The molecular weight excluding hydrogens is 260 g/mol. The lowest BCUT2D eigenvalue weighted by Gasteiger charge is -2.12. The van der Waals surface area contributed by atoms with Crippen LogP contribution in [-0.4, -0.2) is 24.0 Å². The molecule has 0 aliphatic carbocycles. The van der Waals surface area contributed by atoms with E-state index in [2.05, 4.69) is 0 Å². The van der Waals surface area contributed by atoms with Gasteiger partial charge in [0.05, 0.1) is 18.1 Å². The number of nitrogens with zero attached hydrogens (tertiary/aromatic N) is 2. The second-order valence-corrected chi connectivity index (χ2v) is 4.09. The SMILES string of the molecule is COc1ccc([N+](=O)[O-])cc1OC1=CN(C)C=CC=C1. The molecule has 2 rings (SSSR count). The standard InChI is InChI=1S/C14H14N2O4/c1-15-8-4-3-5-12(10-15)20-14-9-11(16(17)18)6-7-13(14)19-2/h3-10H,1-2H3.